The van der Waals surface area contributed by atoms with Crippen LogP contribution in [0.2, 0.25) is 0 Å². The van der Waals surface area contributed by atoms with Gasteiger partial charge in [0.25, 0.3) is 0 Å². The molecule has 8 nitrogen and oxygen atoms in total. The third-order valence-electron chi connectivity index (χ3n) is 2.55. The predicted molar refractivity (Wildman–Crippen MR) is 69.6 cm³/mol. The van der Waals surface area contributed by atoms with Gasteiger partial charge >= 0.3 is 0 Å². The molecule has 0 aliphatic rings. The largest absolute Gasteiger partial charge is 0.384 e. The number of methoxy groups -OCH3 is 1. The van der Waals surface area contributed by atoms with Gasteiger partial charge in [-0.15, -0.1) is 0 Å². The Hall–Kier alpha value is -1.96. The van der Waals surface area contributed by atoms with Crippen molar-refractivity contribution in [1.29, 1.82) is 0 Å². The van der Waals surface area contributed by atoms with Gasteiger partial charge in [-0.25, -0.2) is 0 Å². The smallest absolute Gasteiger partial charge is 0.246 e. The molecule has 0 aliphatic heterocycles. The first-order valence-electron chi connectivity index (χ1n) is 6.44. The molecule has 2 N–H and O–H groups in total. The molecule has 1 atom stereocenters. The fourth-order valence-corrected chi connectivity index (χ4v) is 1.38. The predicted octanol–water partition coefficient (Wildman–Crippen LogP) is -0.211. The van der Waals surface area contributed by atoms with Crippen LogP contribution in [0.15, 0.2) is 4.52 Å². The zero-order valence-electron chi connectivity index (χ0n) is 11.9. The van der Waals surface area contributed by atoms with E-state index in [9.17, 15) is 9.59 Å². The second kappa shape index (κ2) is 8.26. The molecule has 0 bridgehead atoms. The molecule has 1 heterocycles. The molecule has 0 saturated heterocycles. The summed E-state index contributed by atoms with van der Waals surface area (Å²) in [6, 6.07) is -0.599. The minimum atomic E-state index is -0.599. The van der Waals surface area contributed by atoms with Crippen molar-refractivity contribution in [2.75, 3.05) is 13.7 Å². The zero-order chi connectivity index (χ0) is 15.0. The number of hydrogen-bond donors (Lipinski definition) is 2. The highest BCUT2D eigenvalue weighted by Crippen LogP contribution is 1.98. The van der Waals surface area contributed by atoms with Gasteiger partial charge in [0.1, 0.15) is 6.04 Å². The molecule has 0 aliphatic carbocycles. The maximum absolute atomic E-state index is 11.7. The number of nitrogens with zero attached hydrogens (tertiary/aromatic N) is 2. The van der Waals surface area contributed by atoms with Gasteiger partial charge in [0.2, 0.25) is 17.7 Å². The highest BCUT2D eigenvalue weighted by atomic mass is 16.5. The summed E-state index contributed by atoms with van der Waals surface area (Å²) in [6.07, 6.45) is 0.890. The average Bonchev–Trinajstić information content (AvgIpc) is 2.90. The molecule has 1 unspecified atom stereocenters. The minimum absolute atomic E-state index is 0.130. The van der Waals surface area contributed by atoms with Gasteiger partial charge in [0.15, 0.2) is 5.82 Å². The van der Waals surface area contributed by atoms with Gasteiger partial charge in [0.05, 0.1) is 13.2 Å². The molecule has 8 heteroatoms. The molecule has 0 radical (unpaired) electrons. The Labute approximate surface area is 117 Å². The van der Waals surface area contributed by atoms with Gasteiger partial charge in [-0.1, -0.05) is 12.1 Å². The summed E-state index contributed by atoms with van der Waals surface area (Å²) >= 11 is 0. The third kappa shape index (κ3) is 5.35. The second-order valence-electron chi connectivity index (χ2n) is 4.21. The summed E-state index contributed by atoms with van der Waals surface area (Å²) in [6.45, 7) is 3.97. The summed E-state index contributed by atoms with van der Waals surface area (Å²) in [5.41, 5.74) is 0. The lowest BCUT2D eigenvalue weighted by Crippen LogP contribution is -2.44. The van der Waals surface area contributed by atoms with Gasteiger partial charge in [0, 0.05) is 20.0 Å². The minimum Gasteiger partial charge on any atom is -0.384 e. The molecule has 0 aromatic carbocycles. The molecule has 0 saturated carbocycles. The highest BCUT2D eigenvalue weighted by molar-refractivity contribution is 5.87. The van der Waals surface area contributed by atoms with E-state index in [0.29, 0.717) is 31.2 Å². The Bertz CT molecular complexity index is 446. The van der Waals surface area contributed by atoms with E-state index in [1.54, 1.807) is 21.0 Å². The van der Waals surface area contributed by atoms with Gasteiger partial charge in [-0.05, 0) is 6.92 Å². The van der Waals surface area contributed by atoms with E-state index < -0.39 is 6.04 Å². The van der Waals surface area contributed by atoms with Crippen molar-refractivity contribution in [3.05, 3.63) is 11.7 Å². The highest BCUT2D eigenvalue weighted by Gasteiger charge is 2.15. The molecule has 1 aromatic heterocycles. The van der Waals surface area contributed by atoms with E-state index in [-0.39, 0.29) is 18.4 Å². The van der Waals surface area contributed by atoms with E-state index >= 15 is 0 Å². The molecule has 2 amide bonds. The number of ether oxygens (including phenoxy) is 1. The van der Waals surface area contributed by atoms with E-state index in [2.05, 4.69) is 20.8 Å². The second-order valence-corrected chi connectivity index (χ2v) is 4.21. The molecular weight excluding hydrogens is 264 g/mol. The van der Waals surface area contributed by atoms with E-state index in [4.69, 9.17) is 9.26 Å². The third-order valence-corrected chi connectivity index (χ3v) is 2.55. The number of aromatic nitrogens is 2. The lowest BCUT2D eigenvalue weighted by molar-refractivity contribution is -0.128. The fourth-order valence-electron chi connectivity index (χ4n) is 1.38. The summed E-state index contributed by atoms with van der Waals surface area (Å²) in [4.78, 5) is 27.0. The Morgan fingerprint density at radius 3 is 2.85 bits per heavy atom. The first kappa shape index (κ1) is 16.1. The SMILES string of the molecule is CCC(=O)NC(C)C(=O)NCc1nc(CCOC)no1. The molecule has 20 heavy (non-hydrogen) atoms. The van der Waals surface area contributed by atoms with Crippen LogP contribution in [0, 0.1) is 0 Å². The van der Waals surface area contributed by atoms with Crippen LogP contribution in [-0.4, -0.2) is 41.7 Å². The number of carbonyl (C=O) groups excluding carboxylic acids is 2. The summed E-state index contributed by atoms with van der Waals surface area (Å²) in [5.74, 6) is 0.373. The molecule has 1 rings (SSSR count). The van der Waals surface area contributed by atoms with Crippen molar-refractivity contribution >= 4 is 11.8 Å². The van der Waals surface area contributed by atoms with Crippen LogP contribution in [0.5, 0.6) is 0 Å². The Morgan fingerprint density at radius 2 is 2.20 bits per heavy atom. The van der Waals surface area contributed by atoms with Crippen molar-refractivity contribution < 1.29 is 18.8 Å². The number of nitrogens with one attached hydrogen (secondary N) is 2. The van der Waals surface area contributed by atoms with Gasteiger partial charge < -0.3 is 19.9 Å². The topological polar surface area (TPSA) is 106 Å². The zero-order valence-corrected chi connectivity index (χ0v) is 11.9. The lowest BCUT2D eigenvalue weighted by Gasteiger charge is -2.12. The normalized spacial score (nSPS) is 11.9. The maximum atomic E-state index is 11.7. The summed E-state index contributed by atoms with van der Waals surface area (Å²) in [7, 11) is 1.59. The summed E-state index contributed by atoms with van der Waals surface area (Å²) in [5, 5.41) is 8.93. The van der Waals surface area contributed by atoms with Crippen molar-refractivity contribution in [1.82, 2.24) is 20.8 Å². The number of carbonyl (C=O) groups is 2. The van der Waals surface area contributed by atoms with Gasteiger partial charge in [-0.2, -0.15) is 4.98 Å². The van der Waals surface area contributed by atoms with Crippen molar-refractivity contribution in [3.8, 4) is 0 Å². The first-order valence-corrected chi connectivity index (χ1v) is 6.44. The molecular formula is C12H20N4O4. The van der Waals surface area contributed by atoms with Crippen LogP contribution in [0.1, 0.15) is 32.0 Å². The van der Waals surface area contributed by atoms with Crippen molar-refractivity contribution in [3.63, 3.8) is 0 Å². The quantitative estimate of drug-likeness (QED) is 0.684. The summed E-state index contributed by atoms with van der Waals surface area (Å²) < 4.78 is 9.88. The standard InChI is InChI=1S/C12H20N4O4/c1-4-10(17)14-8(2)12(18)13-7-11-15-9(16-20-11)5-6-19-3/h8H,4-7H2,1-3H3,(H,13,18)(H,14,17). The average molecular weight is 284 g/mol. The first-order chi connectivity index (χ1) is 9.56. The lowest BCUT2D eigenvalue weighted by atomic mass is 10.3. The number of amides is 2. The molecule has 0 fully saturated rings. The monoisotopic (exact) mass is 284 g/mol. The van der Waals surface area contributed by atoms with E-state index in [0.717, 1.165) is 0 Å². The van der Waals surface area contributed by atoms with Crippen LogP contribution in [-0.2, 0) is 27.3 Å². The molecule has 112 valence electrons. The van der Waals surface area contributed by atoms with Crippen LogP contribution in [0.25, 0.3) is 0 Å². The van der Waals surface area contributed by atoms with Crippen LogP contribution in [0.4, 0.5) is 0 Å². The fraction of sp³-hybridized carbons (Fsp3) is 0.667. The van der Waals surface area contributed by atoms with Crippen LogP contribution >= 0.6 is 0 Å². The van der Waals surface area contributed by atoms with Crippen molar-refractivity contribution in [2.45, 2.75) is 39.3 Å². The van der Waals surface area contributed by atoms with E-state index in [1.165, 1.54) is 0 Å². The van der Waals surface area contributed by atoms with Crippen LogP contribution in [0.3, 0.4) is 0 Å². The maximum Gasteiger partial charge on any atom is 0.246 e. The van der Waals surface area contributed by atoms with Gasteiger partial charge in [-0.3, -0.25) is 9.59 Å². The number of rotatable bonds is 8. The Morgan fingerprint density at radius 1 is 1.45 bits per heavy atom. The Kier molecular flexibility index (Phi) is 6.65. The molecule has 0 spiro atoms. The van der Waals surface area contributed by atoms with Crippen LogP contribution < -0.4 is 10.6 Å². The van der Waals surface area contributed by atoms with E-state index in [1.807, 2.05) is 0 Å². The number of hydrogen-bond acceptors (Lipinski definition) is 6. The Balaban J connectivity index is 2.36. The molecule has 1 aromatic rings. The van der Waals surface area contributed by atoms with Crippen molar-refractivity contribution in [2.24, 2.45) is 0 Å².